The summed E-state index contributed by atoms with van der Waals surface area (Å²) < 4.78 is 6.03. The summed E-state index contributed by atoms with van der Waals surface area (Å²) in [5, 5.41) is 0. The van der Waals surface area contributed by atoms with E-state index in [9.17, 15) is 0 Å². The summed E-state index contributed by atoms with van der Waals surface area (Å²) in [5.74, 6) is 0.624. The van der Waals surface area contributed by atoms with E-state index in [1.54, 1.807) is 0 Å². The Labute approximate surface area is 131 Å². The zero-order valence-electron chi connectivity index (χ0n) is 12.2. The lowest BCUT2D eigenvalue weighted by molar-refractivity contribution is 0.0710. The lowest BCUT2D eigenvalue weighted by Crippen LogP contribution is -2.37. The first-order chi connectivity index (χ1) is 10.3. The SMILES string of the molecule is ClCC1(COCc2ccccc2)CCCc2ccccc21. The topological polar surface area (TPSA) is 9.23 Å². The molecule has 0 spiro atoms. The van der Waals surface area contributed by atoms with Gasteiger partial charge in [0.2, 0.25) is 0 Å². The molecule has 0 radical (unpaired) electrons. The Balaban J connectivity index is 1.73. The van der Waals surface area contributed by atoms with E-state index in [2.05, 4.69) is 36.4 Å². The molecule has 0 saturated heterocycles. The van der Waals surface area contributed by atoms with E-state index in [0.29, 0.717) is 19.1 Å². The zero-order valence-corrected chi connectivity index (χ0v) is 13.0. The van der Waals surface area contributed by atoms with Gasteiger partial charge in [0.05, 0.1) is 13.2 Å². The third-order valence-corrected chi connectivity index (χ3v) is 4.95. The Morgan fingerprint density at radius 1 is 1.00 bits per heavy atom. The van der Waals surface area contributed by atoms with Crippen molar-refractivity contribution < 1.29 is 4.74 Å². The van der Waals surface area contributed by atoms with Crippen molar-refractivity contribution in [1.82, 2.24) is 0 Å². The van der Waals surface area contributed by atoms with Crippen molar-refractivity contribution in [3.63, 3.8) is 0 Å². The molecule has 0 aliphatic heterocycles. The molecule has 1 nitrogen and oxygen atoms in total. The highest BCUT2D eigenvalue weighted by Gasteiger charge is 2.35. The van der Waals surface area contributed by atoms with Crippen LogP contribution in [0, 0.1) is 0 Å². The van der Waals surface area contributed by atoms with Crippen LogP contribution >= 0.6 is 11.6 Å². The molecule has 1 unspecified atom stereocenters. The number of rotatable bonds is 5. The molecule has 0 fully saturated rings. The molecule has 110 valence electrons. The average molecular weight is 301 g/mol. The maximum atomic E-state index is 6.37. The van der Waals surface area contributed by atoms with Gasteiger partial charge in [0.15, 0.2) is 0 Å². The van der Waals surface area contributed by atoms with Gasteiger partial charge in [0, 0.05) is 11.3 Å². The van der Waals surface area contributed by atoms with Crippen molar-refractivity contribution >= 4 is 11.6 Å². The zero-order chi connectivity index (χ0) is 14.5. The van der Waals surface area contributed by atoms with Gasteiger partial charge >= 0.3 is 0 Å². The van der Waals surface area contributed by atoms with E-state index >= 15 is 0 Å². The number of halogens is 1. The predicted octanol–water partition coefficient (Wildman–Crippen LogP) is 4.72. The third-order valence-electron chi connectivity index (χ3n) is 4.44. The van der Waals surface area contributed by atoms with Crippen LogP contribution in [0.3, 0.4) is 0 Å². The Bertz CT molecular complexity index is 581. The Morgan fingerprint density at radius 3 is 2.57 bits per heavy atom. The Kier molecular flexibility index (Phi) is 4.62. The molecule has 0 amide bonds. The molecule has 0 N–H and O–H groups in total. The molecule has 0 heterocycles. The third kappa shape index (κ3) is 3.14. The molecule has 2 aromatic rings. The molecule has 1 aliphatic rings. The summed E-state index contributed by atoms with van der Waals surface area (Å²) in [4.78, 5) is 0. The maximum absolute atomic E-state index is 6.37. The minimum atomic E-state index is -0.0226. The van der Waals surface area contributed by atoms with Crippen LogP contribution in [0.5, 0.6) is 0 Å². The van der Waals surface area contributed by atoms with Crippen molar-refractivity contribution in [2.45, 2.75) is 31.3 Å². The lowest BCUT2D eigenvalue weighted by atomic mass is 9.71. The predicted molar refractivity (Wildman–Crippen MR) is 87.9 cm³/mol. The fourth-order valence-electron chi connectivity index (χ4n) is 3.27. The summed E-state index contributed by atoms with van der Waals surface area (Å²) >= 11 is 6.37. The summed E-state index contributed by atoms with van der Waals surface area (Å²) in [5.41, 5.74) is 4.02. The Hall–Kier alpha value is -1.31. The van der Waals surface area contributed by atoms with Gasteiger partial charge in [-0.2, -0.15) is 0 Å². The first-order valence-electron chi connectivity index (χ1n) is 7.60. The van der Waals surface area contributed by atoms with Crippen LogP contribution in [0.2, 0.25) is 0 Å². The second kappa shape index (κ2) is 6.64. The van der Waals surface area contributed by atoms with Gasteiger partial charge < -0.3 is 4.74 Å². The fourth-order valence-corrected chi connectivity index (χ4v) is 3.63. The first-order valence-corrected chi connectivity index (χ1v) is 8.13. The van der Waals surface area contributed by atoms with E-state index in [-0.39, 0.29) is 5.41 Å². The highest BCUT2D eigenvalue weighted by atomic mass is 35.5. The number of benzene rings is 2. The molecule has 0 saturated carbocycles. The average Bonchev–Trinajstić information content (AvgIpc) is 2.56. The molecule has 21 heavy (non-hydrogen) atoms. The smallest absolute Gasteiger partial charge is 0.0717 e. The van der Waals surface area contributed by atoms with Gasteiger partial charge in [0.1, 0.15) is 0 Å². The van der Waals surface area contributed by atoms with Crippen molar-refractivity contribution in [2.75, 3.05) is 12.5 Å². The second-order valence-corrected chi connectivity index (χ2v) is 6.17. The van der Waals surface area contributed by atoms with Crippen LogP contribution < -0.4 is 0 Å². The summed E-state index contributed by atoms with van der Waals surface area (Å²) in [6.45, 7) is 1.35. The fraction of sp³-hybridized carbons (Fsp3) is 0.368. The lowest BCUT2D eigenvalue weighted by Gasteiger charge is -2.37. The maximum Gasteiger partial charge on any atom is 0.0717 e. The van der Waals surface area contributed by atoms with Gasteiger partial charge in [-0.3, -0.25) is 0 Å². The molecular formula is C19H21ClO. The number of hydrogen-bond donors (Lipinski definition) is 0. The largest absolute Gasteiger partial charge is 0.376 e. The van der Waals surface area contributed by atoms with Crippen LogP contribution in [0.15, 0.2) is 54.6 Å². The van der Waals surface area contributed by atoms with Crippen molar-refractivity contribution in [2.24, 2.45) is 0 Å². The molecule has 2 heteroatoms. The summed E-state index contributed by atoms with van der Waals surface area (Å²) in [6.07, 6.45) is 3.47. The van der Waals surface area contributed by atoms with Crippen LogP contribution in [0.1, 0.15) is 29.5 Å². The van der Waals surface area contributed by atoms with Gasteiger partial charge in [-0.1, -0.05) is 54.6 Å². The number of ether oxygens (including phenoxy) is 1. The number of alkyl halides is 1. The van der Waals surface area contributed by atoms with E-state index in [0.717, 1.165) is 12.8 Å². The monoisotopic (exact) mass is 300 g/mol. The van der Waals surface area contributed by atoms with E-state index in [1.165, 1.54) is 23.1 Å². The Morgan fingerprint density at radius 2 is 1.76 bits per heavy atom. The summed E-state index contributed by atoms with van der Waals surface area (Å²) in [7, 11) is 0. The van der Waals surface area contributed by atoms with Gasteiger partial charge in [0.25, 0.3) is 0 Å². The number of aryl methyl sites for hydroxylation is 1. The van der Waals surface area contributed by atoms with E-state index in [4.69, 9.17) is 16.3 Å². The highest BCUT2D eigenvalue weighted by molar-refractivity contribution is 6.18. The minimum Gasteiger partial charge on any atom is -0.376 e. The number of fused-ring (bicyclic) bond motifs is 1. The number of hydrogen-bond acceptors (Lipinski definition) is 1. The summed E-state index contributed by atoms with van der Waals surface area (Å²) in [6, 6.07) is 19.0. The van der Waals surface area contributed by atoms with Crippen LogP contribution in [0.25, 0.3) is 0 Å². The van der Waals surface area contributed by atoms with Gasteiger partial charge in [-0.15, -0.1) is 11.6 Å². The normalized spacial score (nSPS) is 21.0. The first kappa shape index (κ1) is 14.6. The van der Waals surface area contributed by atoms with Crippen molar-refractivity contribution in [1.29, 1.82) is 0 Å². The van der Waals surface area contributed by atoms with E-state index in [1.807, 2.05) is 18.2 Å². The minimum absolute atomic E-state index is 0.0226. The van der Waals surface area contributed by atoms with Gasteiger partial charge in [-0.05, 0) is 36.0 Å². The van der Waals surface area contributed by atoms with Crippen LogP contribution in [0.4, 0.5) is 0 Å². The van der Waals surface area contributed by atoms with Crippen LogP contribution in [-0.2, 0) is 23.2 Å². The molecular weight excluding hydrogens is 280 g/mol. The molecule has 2 aromatic carbocycles. The van der Waals surface area contributed by atoms with Crippen molar-refractivity contribution in [3.8, 4) is 0 Å². The molecule has 1 aliphatic carbocycles. The quantitative estimate of drug-likeness (QED) is 0.726. The van der Waals surface area contributed by atoms with Crippen LogP contribution in [-0.4, -0.2) is 12.5 Å². The highest BCUT2D eigenvalue weighted by Crippen LogP contribution is 2.38. The molecule has 3 rings (SSSR count). The molecule has 0 aromatic heterocycles. The van der Waals surface area contributed by atoms with E-state index < -0.39 is 0 Å². The van der Waals surface area contributed by atoms with Gasteiger partial charge in [-0.25, -0.2) is 0 Å². The standard InChI is InChI=1S/C19H21ClO/c20-14-19(15-21-13-16-7-2-1-3-8-16)12-6-10-17-9-4-5-11-18(17)19/h1-5,7-9,11H,6,10,12-15H2. The molecule has 0 bridgehead atoms. The second-order valence-electron chi connectivity index (χ2n) is 5.90. The van der Waals surface area contributed by atoms with Crippen molar-refractivity contribution in [3.05, 3.63) is 71.3 Å². The molecule has 1 atom stereocenters.